The van der Waals surface area contributed by atoms with Crippen LogP contribution in [0.3, 0.4) is 0 Å². The standard InChI is InChI=1S/C23H30N2O2/c1-23(2,27)13-12-18-8-7-11-20(16-18)22(26)25-15-14-24(3)17-21(25)19-9-5-4-6-10-19/h4-11,16,21,27H,12-15,17H2,1-3H3. The third-order valence-corrected chi connectivity index (χ3v) is 5.23. The summed E-state index contributed by atoms with van der Waals surface area (Å²) in [5.74, 6) is 0.0852. The molecule has 1 amide bonds. The SMILES string of the molecule is CN1CCN(C(=O)c2cccc(CCC(C)(C)O)c2)C(c2ccccc2)C1. The molecule has 0 radical (unpaired) electrons. The van der Waals surface area contributed by atoms with Gasteiger partial charge in [0.1, 0.15) is 0 Å². The molecule has 1 heterocycles. The van der Waals surface area contributed by atoms with Crippen LogP contribution in [0.15, 0.2) is 54.6 Å². The van der Waals surface area contributed by atoms with Crippen LogP contribution < -0.4 is 0 Å². The molecule has 0 bridgehead atoms. The molecule has 1 N–H and O–H groups in total. The molecule has 2 aromatic carbocycles. The average molecular weight is 367 g/mol. The second-order valence-electron chi connectivity index (χ2n) is 8.20. The Bertz CT molecular complexity index is 767. The normalized spacial score (nSPS) is 18.5. The maximum atomic E-state index is 13.3. The molecule has 0 aliphatic carbocycles. The van der Waals surface area contributed by atoms with Gasteiger partial charge >= 0.3 is 0 Å². The van der Waals surface area contributed by atoms with E-state index in [1.165, 1.54) is 5.56 Å². The summed E-state index contributed by atoms with van der Waals surface area (Å²) >= 11 is 0. The minimum absolute atomic E-state index is 0.0671. The molecule has 1 unspecified atom stereocenters. The maximum Gasteiger partial charge on any atom is 0.254 e. The van der Waals surface area contributed by atoms with Crippen LogP contribution >= 0.6 is 0 Å². The van der Waals surface area contributed by atoms with Gasteiger partial charge in [0.25, 0.3) is 5.91 Å². The van der Waals surface area contributed by atoms with Gasteiger partial charge in [-0.05, 0) is 57.0 Å². The quantitative estimate of drug-likeness (QED) is 0.880. The third-order valence-electron chi connectivity index (χ3n) is 5.23. The Morgan fingerprint density at radius 1 is 1.11 bits per heavy atom. The molecule has 0 spiro atoms. The van der Waals surface area contributed by atoms with E-state index < -0.39 is 5.60 Å². The van der Waals surface area contributed by atoms with Crippen LogP contribution in [0, 0.1) is 0 Å². The van der Waals surface area contributed by atoms with Gasteiger partial charge in [-0.1, -0.05) is 42.5 Å². The van der Waals surface area contributed by atoms with Gasteiger partial charge in [-0.15, -0.1) is 0 Å². The molecule has 3 rings (SSSR count). The largest absolute Gasteiger partial charge is 0.390 e. The average Bonchev–Trinajstić information content (AvgIpc) is 2.66. The van der Waals surface area contributed by atoms with Crippen LogP contribution in [-0.4, -0.2) is 53.1 Å². The molecule has 1 aliphatic heterocycles. The van der Waals surface area contributed by atoms with Gasteiger partial charge in [0, 0.05) is 25.2 Å². The molecule has 1 atom stereocenters. The zero-order valence-corrected chi connectivity index (χ0v) is 16.6. The van der Waals surface area contributed by atoms with Crippen molar-refractivity contribution in [3.8, 4) is 0 Å². The van der Waals surface area contributed by atoms with Crippen molar-refractivity contribution in [2.45, 2.75) is 38.3 Å². The van der Waals surface area contributed by atoms with Crippen molar-refractivity contribution in [3.05, 3.63) is 71.3 Å². The van der Waals surface area contributed by atoms with Crippen molar-refractivity contribution in [3.63, 3.8) is 0 Å². The van der Waals surface area contributed by atoms with E-state index in [0.717, 1.165) is 37.2 Å². The van der Waals surface area contributed by atoms with Crippen molar-refractivity contribution in [2.75, 3.05) is 26.7 Å². The zero-order valence-electron chi connectivity index (χ0n) is 16.6. The second kappa shape index (κ2) is 8.24. The summed E-state index contributed by atoms with van der Waals surface area (Å²) in [6, 6.07) is 18.2. The number of benzene rings is 2. The number of likely N-dealkylation sites (N-methyl/N-ethyl adjacent to an activating group) is 1. The number of aliphatic hydroxyl groups is 1. The lowest BCUT2D eigenvalue weighted by Gasteiger charge is -2.40. The smallest absolute Gasteiger partial charge is 0.254 e. The van der Waals surface area contributed by atoms with E-state index in [1.807, 2.05) is 61.2 Å². The van der Waals surface area contributed by atoms with Gasteiger partial charge in [0.15, 0.2) is 0 Å². The van der Waals surface area contributed by atoms with Crippen LogP contribution in [0.1, 0.15) is 47.8 Å². The monoisotopic (exact) mass is 366 g/mol. The number of carbonyl (C=O) groups is 1. The molecule has 1 fully saturated rings. The lowest BCUT2D eigenvalue weighted by Crippen LogP contribution is -2.49. The number of carbonyl (C=O) groups excluding carboxylic acids is 1. The number of piperazine rings is 1. The fourth-order valence-electron chi connectivity index (χ4n) is 3.60. The number of nitrogens with zero attached hydrogens (tertiary/aromatic N) is 2. The molecule has 0 saturated carbocycles. The van der Waals surface area contributed by atoms with Crippen LogP contribution in [0.5, 0.6) is 0 Å². The highest BCUT2D eigenvalue weighted by Crippen LogP contribution is 2.27. The third kappa shape index (κ3) is 5.18. The molecule has 1 saturated heterocycles. The summed E-state index contributed by atoms with van der Waals surface area (Å²) in [4.78, 5) is 17.6. The topological polar surface area (TPSA) is 43.8 Å². The minimum atomic E-state index is -0.699. The van der Waals surface area contributed by atoms with E-state index in [4.69, 9.17) is 0 Å². The summed E-state index contributed by atoms with van der Waals surface area (Å²) in [5.41, 5.74) is 2.30. The summed E-state index contributed by atoms with van der Waals surface area (Å²) < 4.78 is 0. The summed E-state index contributed by atoms with van der Waals surface area (Å²) in [6.07, 6.45) is 1.43. The van der Waals surface area contributed by atoms with E-state index in [2.05, 4.69) is 24.1 Å². The van der Waals surface area contributed by atoms with E-state index in [0.29, 0.717) is 6.42 Å². The van der Waals surface area contributed by atoms with Gasteiger partial charge in [0.05, 0.1) is 11.6 Å². The Kier molecular flexibility index (Phi) is 5.98. The highest BCUT2D eigenvalue weighted by Gasteiger charge is 2.30. The van der Waals surface area contributed by atoms with Crippen LogP contribution in [0.2, 0.25) is 0 Å². The van der Waals surface area contributed by atoms with Crippen molar-refractivity contribution in [1.29, 1.82) is 0 Å². The van der Waals surface area contributed by atoms with E-state index in [1.54, 1.807) is 0 Å². The molecule has 0 aromatic heterocycles. The molecule has 27 heavy (non-hydrogen) atoms. The summed E-state index contributed by atoms with van der Waals surface area (Å²) in [6.45, 7) is 6.08. The molecule has 144 valence electrons. The Hall–Kier alpha value is -2.17. The van der Waals surface area contributed by atoms with Crippen LogP contribution in [-0.2, 0) is 6.42 Å². The maximum absolute atomic E-state index is 13.3. The Labute approximate surface area is 162 Å². The number of aryl methyl sites for hydroxylation is 1. The van der Waals surface area contributed by atoms with Crippen molar-refractivity contribution >= 4 is 5.91 Å². The predicted octanol–water partition coefficient (Wildman–Crippen LogP) is 3.52. The van der Waals surface area contributed by atoms with Gasteiger partial charge in [-0.25, -0.2) is 0 Å². The van der Waals surface area contributed by atoms with Gasteiger partial charge in [-0.2, -0.15) is 0 Å². The molecule has 1 aliphatic rings. The first-order chi connectivity index (χ1) is 12.8. The van der Waals surface area contributed by atoms with Gasteiger partial charge < -0.3 is 14.9 Å². The van der Waals surface area contributed by atoms with E-state index >= 15 is 0 Å². The lowest BCUT2D eigenvalue weighted by atomic mass is 9.97. The zero-order chi connectivity index (χ0) is 19.4. The number of hydrogen-bond acceptors (Lipinski definition) is 3. The second-order valence-corrected chi connectivity index (χ2v) is 8.20. The van der Waals surface area contributed by atoms with Gasteiger partial charge in [0.2, 0.25) is 0 Å². The van der Waals surface area contributed by atoms with Crippen LogP contribution in [0.4, 0.5) is 0 Å². The Balaban J connectivity index is 1.81. The van der Waals surface area contributed by atoms with Crippen molar-refractivity contribution in [2.24, 2.45) is 0 Å². The van der Waals surface area contributed by atoms with E-state index in [-0.39, 0.29) is 11.9 Å². The first-order valence-corrected chi connectivity index (χ1v) is 9.69. The number of hydrogen-bond donors (Lipinski definition) is 1. The van der Waals surface area contributed by atoms with Gasteiger partial charge in [-0.3, -0.25) is 4.79 Å². The first-order valence-electron chi connectivity index (χ1n) is 9.69. The van der Waals surface area contributed by atoms with E-state index in [9.17, 15) is 9.90 Å². The summed E-state index contributed by atoms with van der Waals surface area (Å²) in [7, 11) is 2.11. The number of rotatable bonds is 5. The highest BCUT2D eigenvalue weighted by atomic mass is 16.3. The van der Waals surface area contributed by atoms with Crippen LogP contribution in [0.25, 0.3) is 0 Å². The Morgan fingerprint density at radius 2 is 1.85 bits per heavy atom. The molecular formula is C23H30N2O2. The summed E-state index contributed by atoms with van der Waals surface area (Å²) in [5, 5.41) is 9.97. The van der Waals surface area contributed by atoms with Crippen molar-refractivity contribution < 1.29 is 9.90 Å². The fraction of sp³-hybridized carbons (Fsp3) is 0.435. The molecule has 4 nitrogen and oxygen atoms in total. The molecule has 2 aromatic rings. The Morgan fingerprint density at radius 3 is 2.56 bits per heavy atom. The molecular weight excluding hydrogens is 336 g/mol. The molecule has 4 heteroatoms. The highest BCUT2D eigenvalue weighted by molar-refractivity contribution is 5.94. The fourth-order valence-corrected chi connectivity index (χ4v) is 3.60. The minimum Gasteiger partial charge on any atom is -0.390 e. The predicted molar refractivity (Wildman–Crippen MR) is 109 cm³/mol. The number of amides is 1. The lowest BCUT2D eigenvalue weighted by molar-refractivity contribution is 0.0498. The first kappa shape index (κ1) is 19.6. The van der Waals surface area contributed by atoms with Crippen molar-refractivity contribution in [1.82, 2.24) is 9.80 Å².